The van der Waals surface area contributed by atoms with Gasteiger partial charge in [0.2, 0.25) is 0 Å². The van der Waals surface area contributed by atoms with Crippen molar-refractivity contribution in [2.24, 2.45) is 11.7 Å². The average molecular weight is 232 g/mol. The summed E-state index contributed by atoms with van der Waals surface area (Å²) in [5.41, 5.74) is 8.40. The van der Waals surface area contributed by atoms with Crippen molar-refractivity contribution in [3.63, 3.8) is 0 Å². The first-order chi connectivity index (χ1) is 8.38. The molecule has 0 radical (unpaired) electrons. The highest BCUT2D eigenvalue weighted by molar-refractivity contribution is 5.63. The number of ether oxygens (including phenoxy) is 1. The Labute approximate surface area is 103 Å². The summed E-state index contributed by atoms with van der Waals surface area (Å²) in [6.45, 7) is 3.85. The Balaban J connectivity index is 1.88. The fraction of sp³-hybridized carbons (Fsp3) is 0.571. The quantitative estimate of drug-likeness (QED) is 0.845. The number of rotatable bonds is 2. The van der Waals surface area contributed by atoms with Gasteiger partial charge in [0.1, 0.15) is 5.75 Å². The molecule has 3 rings (SSSR count). The Hall–Kier alpha value is -1.22. The van der Waals surface area contributed by atoms with E-state index in [9.17, 15) is 0 Å². The molecule has 1 aromatic carbocycles. The number of hydrogen-bond donors (Lipinski definition) is 1. The summed E-state index contributed by atoms with van der Waals surface area (Å²) < 4.78 is 5.86. The molecular formula is C14H20N2O. The van der Waals surface area contributed by atoms with Gasteiger partial charge in [-0.15, -0.1) is 0 Å². The van der Waals surface area contributed by atoms with Crippen LogP contribution in [0, 0.1) is 5.92 Å². The predicted octanol–water partition coefficient (Wildman–Crippen LogP) is 1.80. The molecule has 3 nitrogen and oxygen atoms in total. The summed E-state index contributed by atoms with van der Waals surface area (Å²) >= 11 is 0. The molecule has 0 saturated carbocycles. The van der Waals surface area contributed by atoms with Gasteiger partial charge in [0.25, 0.3) is 0 Å². The minimum Gasteiger partial charge on any atom is -0.491 e. The van der Waals surface area contributed by atoms with Crippen LogP contribution < -0.4 is 15.4 Å². The number of aryl methyl sites for hydroxylation is 1. The summed E-state index contributed by atoms with van der Waals surface area (Å²) in [5.74, 6) is 1.77. The molecule has 1 aromatic rings. The fourth-order valence-corrected chi connectivity index (χ4v) is 2.86. The fourth-order valence-electron chi connectivity index (χ4n) is 2.86. The number of para-hydroxylation sites is 1. The van der Waals surface area contributed by atoms with Gasteiger partial charge in [0.15, 0.2) is 0 Å². The number of fused-ring (bicyclic) bond motifs is 1. The molecule has 2 heterocycles. The lowest BCUT2D eigenvalue weighted by Crippen LogP contribution is -2.24. The van der Waals surface area contributed by atoms with Gasteiger partial charge in [-0.05, 0) is 43.4 Å². The van der Waals surface area contributed by atoms with Gasteiger partial charge in [0, 0.05) is 13.1 Å². The Morgan fingerprint density at radius 1 is 1.41 bits per heavy atom. The van der Waals surface area contributed by atoms with Crippen LogP contribution in [0.1, 0.15) is 18.4 Å². The van der Waals surface area contributed by atoms with E-state index >= 15 is 0 Å². The van der Waals surface area contributed by atoms with Crippen LogP contribution in [0.15, 0.2) is 18.2 Å². The van der Waals surface area contributed by atoms with Crippen molar-refractivity contribution in [3.8, 4) is 5.75 Å². The molecule has 0 amide bonds. The average Bonchev–Trinajstić information content (AvgIpc) is 2.87. The maximum Gasteiger partial charge on any atom is 0.145 e. The third-order valence-corrected chi connectivity index (χ3v) is 3.87. The van der Waals surface area contributed by atoms with E-state index in [2.05, 4.69) is 23.1 Å². The van der Waals surface area contributed by atoms with Gasteiger partial charge in [-0.2, -0.15) is 0 Å². The van der Waals surface area contributed by atoms with Gasteiger partial charge in [-0.3, -0.25) is 0 Å². The number of hydrogen-bond acceptors (Lipinski definition) is 3. The van der Waals surface area contributed by atoms with E-state index in [4.69, 9.17) is 10.5 Å². The van der Waals surface area contributed by atoms with Crippen LogP contribution in [0.25, 0.3) is 0 Å². The first-order valence-corrected chi connectivity index (χ1v) is 6.58. The zero-order valence-corrected chi connectivity index (χ0v) is 10.2. The largest absolute Gasteiger partial charge is 0.491 e. The minimum atomic E-state index is 0.648. The summed E-state index contributed by atoms with van der Waals surface area (Å²) in [4.78, 5) is 2.43. The van der Waals surface area contributed by atoms with Crippen molar-refractivity contribution in [2.45, 2.75) is 19.3 Å². The van der Waals surface area contributed by atoms with Crippen LogP contribution in [0.3, 0.4) is 0 Å². The van der Waals surface area contributed by atoms with Crippen molar-refractivity contribution < 1.29 is 4.74 Å². The molecule has 0 spiro atoms. The van der Waals surface area contributed by atoms with E-state index in [1.54, 1.807) is 0 Å². The molecule has 0 aliphatic carbocycles. The Morgan fingerprint density at radius 3 is 3.18 bits per heavy atom. The molecule has 92 valence electrons. The molecular weight excluding hydrogens is 212 g/mol. The van der Waals surface area contributed by atoms with Crippen LogP contribution in [-0.2, 0) is 6.42 Å². The molecule has 1 fully saturated rings. The van der Waals surface area contributed by atoms with Crippen molar-refractivity contribution in [2.75, 3.05) is 31.1 Å². The number of nitrogens with zero attached hydrogens (tertiary/aromatic N) is 1. The normalized spacial score (nSPS) is 23.4. The summed E-state index contributed by atoms with van der Waals surface area (Å²) in [6.07, 6.45) is 3.50. The number of benzene rings is 1. The second-order valence-electron chi connectivity index (χ2n) is 5.05. The van der Waals surface area contributed by atoms with Gasteiger partial charge >= 0.3 is 0 Å². The standard InChI is InChI=1S/C14H20N2O/c15-9-11-6-7-16(10-11)13-5-1-3-12-4-2-8-17-14(12)13/h1,3,5,11H,2,4,6-10,15H2. The zero-order chi connectivity index (χ0) is 11.7. The van der Waals surface area contributed by atoms with Gasteiger partial charge in [0.05, 0.1) is 12.3 Å². The van der Waals surface area contributed by atoms with E-state index in [1.165, 1.54) is 17.7 Å². The van der Waals surface area contributed by atoms with Crippen LogP contribution in [0.5, 0.6) is 5.75 Å². The molecule has 2 aliphatic heterocycles. The molecule has 1 unspecified atom stereocenters. The lowest BCUT2D eigenvalue weighted by molar-refractivity contribution is 0.289. The van der Waals surface area contributed by atoms with Crippen LogP contribution in [-0.4, -0.2) is 26.2 Å². The SMILES string of the molecule is NCC1CCN(c2cccc3c2OCCC3)C1. The van der Waals surface area contributed by atoms with Crippen molar-refractivity contribution >= 4 is 5.69 Å². The second kappa shape index (κ2) is 4.57. The summed E-state index contributed by atoms with van der Waals surface area (Å²) in [6, 6.07) is 6.52. The van der Waals surface area contributed by atoms with Gasteiger partial charge in [-0.1, -0.05) is 12.1 Å². The molecule has 0 aromatic heterocycles. The highest BCUT2D eigenvalue weighted by Gasteiger charge is 2.25. The maximum absolute atomic E-state index is 5.86. The minimum absolute atomic E-state index is 0.648. The second-order valence-corrected chi connectivity index (χ2v) is 5.05. The molecule has 2 N–H and O–H groups in total. The van der Waals surface area contributed by atoms with E-state index < -0.39 is 0 Å². The Morgan fingerprint density at radius 2 is 2.35 bits per heavy atom. The highest BCUT2D eigenvalue weighted by atomic mass is 16.5. The zero-order valence-electron chi connectivity index (χ0n) is 10.2. The van der Waals surface area contributed by atoms with Gasteiger partial charge in [-0.25, -0.2) is 0 Å². The molecule has 2 aliphatic rings. The van der Waals surface area contributed by atoms with Crippen molar-refractivity contribution in [1.82, 2.24) is 0 Å². The third kappa shape index (κ3) is 2.00. The third-order valence-electron chi connectivity index (χ3n) is 3.87. The van der Waals surface area contributed by atoms with Gasteiger partial charge < -0.3 is 15.4 Å². The summed E-state index contributed by atoms with van der Waals surface area (Å²) in [5, 5.41) is 0. The molecule has 1 atom stereocenters. The Kier molecular flexibility index (Phi) is 2.93. The first-order valence-electron chi connectivity index (χ1n) is 6.58. The smallest absolute Gasteiger partial charge is 0.145 e. The van der Waals surface area contributed by atoms with E-state index in [0.29, 0.717) is 5.92 Å². The lowest BCUT2D eigenvalue weighted by atomic mass is 10.0. The van der Waals surface area contributed by atoms with Crippen LogP contribution >= 0.6 is 0 Å². The first kappa shape index (κ1) is 10.9. The van der Waals surface area contributed by atoms with E-state index in [0.717, 1.165) is 44.8 Å². The highest BCUT2D eigenvalue weighted by Crippen LogP contribution is 2.37. The predicted molar refractivity (Wildman–Crippen MR) is 69.6 cm³/mol. The maximum atomic E-state index is 5.86. The molecule has 17 heavy (non-hydrogen) atoms. The number of nitrogens with two attached hydrogens (primary N) is 1. The molecule has 0 bridgehead atoms. The monoisotopic (exact) mass is 232 g/mol. The molecule has 1 saturated heterocycles. The van der Waals surface area contributed by atoms with Crippen molar-refractivity contribution in [3.05, 3.63) is 23.8 Å². The van der Waals surface area contributed by atoms with Crippen LogP contribution in [0.4, 0.5) is 5.69 Å². The lowest BCUT2D eigenvalue weighted by Gasteiger charge is -2.26. The van der Waals surface area contributed by atoms with E-state index in [1.807, 2.05) is 0 Å². The van der Waals surface area contributed by atoms with Crippen LogP contribution in [0.2, 0.25) is 0 Å². The van der Waals surface area contributed by atoms with Crippen molar-refractivity contribution in [1.29, 1.82) is 0 Å². The molecule has 3 heteroatoms. The topological polar surface area (TPSA) is 38.5 Å². The Bertz CT molecular complexity index is 405. The summed E-state index contributed by atoms with van der Waals surface area (Å²) in [7, 11) is 0. The van der Waals surface area contributed by atoms with E-state index in [-0.39, 0.29) is 0 Å². The number of anilines is 1.